The van der Waals surface area contributed by atoms with Crippen molar-refractivity contribution in [3.05, 3.63) is 59.7 Å². The van der Waals surface area contributed by atoms with Gasteiger partial charge >= 0.3 is 12.0 Å². The molecule has 1 saturated carbocycles. The van der Waals surface area contributed by atoms with Crippen molar-refractivity contribution in [2.75, 3.05) is 17.2 Å². The van der Waals surface area contributed by atoms with E-state index in [2.05, 4.69) is 16.7 Å². The van der Waals surface area contributed by atoms with Crippen LogP contribution in [0, 0.1) is 0 Å². The maximum Gasteiger partial charge on any atom is 0.338 e. The lowest BCUT2D eigenvalue weighted by atomic mass is 10.1. The van der Waals surface area contributed by atoms with Gasteiger partial charge in [0.25, 0.3) is 0 Å². The number of hydrogen-bond donors (Lipinski definition) is 2. The first-order valence-corrected chi connectivity index (χ1v) is 8.11. The average molecular weight is 324 g/mol. The second kappa shape index (κ2) is 7.17. The van der Waals surface area contributed by atoms with Crippen LogP contribution in [0.15, 0.2) is 48.5 Å². The van der Waals surface area contributed by atoms with Crippen LogP contribution >= 0.6 is 0 Å². The third kappa shape index (κ3) is 3.93. The molecule has 2 N–H and O–H groups in total. The van der Waals surface area contributed by atoms with E-state index < -0.39 is 0 Å². The van der Waals surface area contributed by atoms with Crippen LogP contribution in [-0.4, -0.2) is 18.6 Å². The Morgan fingerprint density at radius 1 is 1.04 bits per heavy atom. The highest BCUT2D eigenvalue weighted by Crippen LogP contribution is 2.43. The normalized spacial score (nSPS) is 13.2. The Labute approximate surface area is 141 Å². The molecule has 1 aliphatic rings. The molecule has 0 radical (unpaired) electrons. The number of nitrogens with one attached hydrogen (secondary N) is 2. The Morgan fingerprint density at radius 3 is 2.42 bits per heavy atom. The summed E-state index contributed by atoms with van der Waals surface area (Å²) in [6.45, 7) is 2.10. The average Bonchev–Trinajstić information content (AvgIpc) is 3.41. The van der Waals surface area contributed by atoms with Crippen LogP contribution in [0.4, 0.5) is 16.2 Å². The zero-order valence-electron chi connectivity index (χ0n) is 13.5. The van der Waals surface area contributed by atoms with Gasteiger partial charge in [0.1, 0.15) is 0 Å². The number of esters is 1. The van der Waals surface area contributed by atoms with Crippen LogP contribution in [0.5, 0.6) is 0 Å². The minimum atomic E-state index is -0.369. The first-order chi connectivity index (χ1) is 11.7. The fraction of sp³-hybridized carbons (Fsp3) is 0.263. The molecule has 24 heavy (non-hydrogen) atoms. The highest BCUT2D eigenvalue weighted by atomic mass is 16.5. The molecular formula is C19H20N2O3. The number of urea groups is 1. The number of hydrogen-bond acceptors (Lipinski definition) is 3. The van der Waals surface area contributed by atoms with Crippen molar-refractivity contribution in [1.82, 2.24) is 0 Å². The lowest BCUT2D eigenvalue weighted by Crippen LogP contribution is -2.20. The monoisotopic (exact) mass is 324 g/mol. The second-order valence-corrected chi connectivity index (χ2v) is 5.74. The number of benzene rings is 2. The van der Waals surface area contributed by atoms with E-state index in [9.17, 15) is 9.59 Å². The second-order valence-electron chi connectivity index (χ2n) is 5.74. The molecule has 5 heteroatoms. The summed E-state index contributed by atoms with van der Waals surface area (Å²) in [5.74, 6) is 0.192. The van der Waals surface area contributed by atoms with Gasteiger partial charge in [0, 0.05) is 11.4 Å². The smallest absolute Gasteiger partial charge is 0.338 e. The van der Waals surface area contributed by atoms with Gasteiger partial charge in [-0.25, -0.2) is 9.59 Å². The van der Waals surface area contributed by atoms with Crippen molar-refractivity contribution < 1.29 is 14.3 Å². The predicted molar refractivity (Wildman–Crippen MR) is 93.5 cm³/mol. The van der Waals surface area contributed by atoms with Gasteiger partial charge in [-0.15, -0.1) is 0 Å². The molecule has 124 valence electrons. The summed E-state index contributed by atoms with van der Waals surface area (Å²) in [6.07, 6.45) is 2.35. The number of ether oxygens (including phenoxy) is 1. The lowest BCUT2D eigenvalue weighted by Gasteiger charge is -2.11. The maximum atomic E-state index is 12.2. The van der Waals surface area contributed by atoms with E-state index in [0.29, 0.717) is 23.8 Å². The van der Waals surface area contributed by atoms with E-state index in [1.165, 1.54) is 18.4 Å². The first kappa shape index (κ1) is 16.1. The van der Waals surface area contributed by atoms with Crippen LogP contribution in [0.3, 0.4) is 0 Å². The van der Waals surface area contributed by atoms with Crippen LogP contribution in [0.25, 0.3) is 0 Å². The van der Waals surface area contributed by atoms with Gasteiger partial charge in [0.15, 0.2) is 0 Å². The summed E-state index contributed by atoms with van der Waals surface area (Å²) in [4.78, 5) is 23.8. The Balaban J connectivity index is 1.62. The number of para-hydroxylation sites is 1. The highest BCUT2D eigenvalue weighted by molar-refractivity contribution is 6.00. The number of rotatable bonds is 5. The van der Waals surface area contributed by atoms with E-state index in [1.807, 2.05) is 18.2 Å². The van der Waals surface area contributed by atoms with Crippen molar-refractivity contribution in [1.29, 1.82) is 0 Å². The van der Waals surface area contributed by atoms with Crippen molar-refractivity contribution in [3.8, 4) is 0 Å². The van der Waals surface area contributed by atoms with Gasteiger partial charge in [-0.2, -0.15) is 0 Å². The van der Waals surface area contributed by atoms with Crippen LogP contribution < -0.4 is 10.6 Å². The molecule has 0 saturated heterocycles. The van der Waals surface area contributed by atoms with Gasteiger partial charge in [-0.05, 0) is 61.6 Å². The Kier molecular flexibility index (Phi) is 4.79. The van der Waals surface area contributed by atoms with Crippen LogP contribution in [-0.2, 0) is 4.74 Å². The largest absolute Gasteiger partial charge is 0.462 e. The van der Waals surface area contributed by atoms with Gasteiger partial charge in [-0.1, -0.05) is 18.2 Å². The van der Waals surface area contributed by atoms with Crippen LogP contribution in [0.2, 0.25) is 0 Å². The van der Waals surface area contributed by atoms with Gasteiger partial charge < -0.3 is 15.4 Å². The van der Waals surface area contributed by atoms with Crippen molar-refractivity contribution in [2.24, 2.45) is 0 Å². The van der Waals surface area contributed by atoms with Crippen molar-refractivity contribution >= 4 is 23.4 Å². The summed E-state index contributed by atoms with van der Waals surface area (Å²) < 4.78 is 4.93. The summed E-state index contributed by atoms with van der Waals surface area (Å²) in [5, 5.41) is 5.67. The molecular weight excluding hydrogens is 304 g/mol. The molecule has 3 rings (SSSR count). The topological polar surface area (TPSA) is 67.4 Å². The molecule has 1 aliphatic carbocycles. The number of carbonyl (C=O) groups excluding carboxylic acids is 2. The van der Waals surface area contributed by atoms with Gasteiger partial charge in [-0.3, -0.25) is 0 Å². The number of amides is 2. The van der Waals surface area contributed by atoms with Gasteiger partial charge in [0.05, 0.1) is 12.2 Å². The van der Waals surface area contributed by atoms with Crippen molar-refractivity contribution in [2.45, 2.75) is 25.7 Å². The zero-order valence-corrected chi connectivity index (χ0v) is 13.5. The van der Waals surface area contributed by atoms with E-state index in [4.69, 9.17) is 4.74 Å². The van der Waals surface area contributed by atoms with Crippen LogP contribution in [0.1, 0.15) is 41.6 Å². The molecule has 2 aromatic rings. The quantitative estimate of drug-likeness (QED) is 0.802. The Morgan fingerprint density at radius 2 is 1.75 bits per heavy atom. The fourth-order valence-corrected chi connectivity index (χ4v) is 2.55. The summed E-state index contributed by atoms with van der Waals surface area (Å²) >= 11 is 0. The minimum absolute atomic E-state index is 0.299. The van der Waals surface area contributed by atoms with E-state index in [1.54, 1.807) is 31.2 Å². The molecule has 0 aliphatic heterocycles. The minimum Gasteiger partial charge on any atom is -0.462 e. The molecule has 0 bridgehead atoms. The molecule has 5 nitrogen and oxygen atoms in total. The molecule has 0 atom stereocenters. The highest BCUT2D eigenvalue weighted by Gasteiger charge is 2.26. The van der Waals surface area contributed by atoms with E-state index in [-0.39, 0.29) is 12.0 Å². The molecule has 0 spiro atoms. The van der Waals surface area contributed by atoms with Gasteiger partial charge in [0.2, 0.25) is 0 Å². The molecule has 1 fully saturated rings. The Hall–Kier alpha value is -2.82. The van der Waals surface area contributed by atoms with E-state index in [0.717, 1.165) is 5.69 Å². The molecule has 0 heterocycles. The third-order valence-corrected chi connectivity index (χ3v) is 3.88. The SMILES string of the molecule is CCOC(=O)c1ccc(NC(=O)Nc2ccccc2C2CC2)cc1. The number of carbonyl (C=O) groups is 2. The molecule has 0 aromatic heterocycles. The van der Waals surface area contributed by atoms with E-state index >= 15 is 0 Å². The zero-order chi connectivity index (χ0) is 16.9. The third-order valence-electron chi connectivity index (χ3n) is 3.88. The van der Waals surface area contributed by atoms with Crippen molar-refractivity contribution in [3.63, 3.8) is 0 Å². The molecule has 2 aromatic carbocycles. The lowest BCUT2D eigenvalue weighted by molar-refractivity contribution is 0.0526. The molecule has 0 unspecified atom stereocenters. The summed E-state index contributed by atoms with van der Waals surface area (Å²) in [5.41, 5.74) is 3.11. The molecule has 2 amide bonds. The predicted octanol–water partition coefficient (Wildman–Crippen LogP) is 4.38. The maximum absolute atomic E-state index is 12.2. The first-order valence-electron chi connectivity index (χ1n) is 8.11. The standard InChI is InChI=1S/C19H20N2O3/c1-2-24-18(22)14-9-11-15(12-10-14)20-19(23)21-17-6-4-3-5-16(17)13-7-8-13/h3-6,9-13H,2,7-8H2,1H3,(H2,20,21,23). The Bertz CT molecular complexity index is 737. The summed E-state index contributed by atoms with van der Waals surface area (Å²) in [6, 6.07) is 14.2. The summed E-state index contributed by atoms with van der Waals surface area (Å²) in [7, 11) is 0. The number of anilines is 2. The fourth-order valence-electron chi connectivity index (χ4n) is 2.55.